The van der Waals surface area contributed by atoms with Gasteiger partial charge in [0, 0.05) is 16.9 Å². The lowest BCUT2D eigenvalue weighted by Crippen LogP contribution is -2.14. The lowest BCUT2D eigenvalue weighted by molar-refractivity contribution is -0.113. The van der Waals surface area contributed by atoms with Crippen LogP contribution in [-0.2, 0) is 4.79 Å². The number of amides is 1. The maximum absolute atomic E-state index is 12.5. The fraction of sp³-hybridized carbons (Fsp3) is 0.0476. The van der Waals surface area contributed by atoms with Gasteiger partial charge in [-0.05, 0) is 29.8 Å². The van der Waals surface area contributed by atoms with Gasteiger partial charge in [0.05, 0.1) is 16.0 Å². The number of nitrogens with zero attached hydrogens (tertiary/aromatic N) is 1. The summed E-state index contributed by atoms with van der Waals surface area (Å²) in [5.41, 5.74) is 10.3. The van der Waals surface area contributed by atoms with Crippen molar-refractivity contribution >= 4 is 50.6 Å². The zero-order chi connectivity index (χ0) is 18.6. The summed E-state index contributed by atoms with van der Waals surface area (Å²) in [5.74, 6) is 0.250. The van der Waals surface area contributed by atoms with Gasteiger partial charge in [0.1, 0.15) is 0 Å². The smallest absolute Gasteiger partial charge is 0.234 e. The highest BCUT2D eigenvalue weighted by Crippen LogP contribution is 2.31. The summed E-state index contributed by atoms with van der Waals surface area (Å²) in [6, 6.07) is 23.5. The SMILES string of the molecule is Nc1ccc2nc(SCC(=O)Nc3ccccc3-c3ccccc3)sc2c1. The fourth-order valence-corrected chi connectivity index (χ4v) is 4.67. The minimum atomic E-state index is -0.0536. The van der Waals surface area contributed by atoms with Crippen LogP contribution in [0.3, 0.4) is 0 Å². The van der Waals surface area contributed by atoms with E-state index in [1.54, 1.807) is 11.3 Å². The summed E-state index contributed by atoms with van der Waals surface area (Å²) >= 11 is 2.99. The predicted octanol–water partition coefficient (Wildman–Crippen LogP) is 5.28. The highest BCUT2D eigenvalue weighted by atomic mass is 32.2. The van der Waals surface area contributed by atoms with E-state index in [0.717, 1.165) is 37.1 Å². The molecule has 1 aromatic heterocycles. The number of nitrogens with one attached hydrogen (secondary N) is 1. The summed E-state index contributed by atoms with van der Waals surface area (Å²) < 4.78 is 1.90. The molecule has 4 rings (SSSR count). The molecule has 27 heavy (non-hydrogen) atoms. The van der Waals surface area contributed by atoms with Gasteiger partial charge in [0.2, 0.25) is 5.91 Å². The summed E-state index contributed by atoms with van der Waals surface area (Å²) in [4.78, 5) is 17.0. The van der Waals surface area contributed by atoms with Crippen molar-refractivity contribution in [1.82, 2.24) is 4.98 Å². The van der Waals surface area contributed by atoms with Gasteiger partial charge in [0.25, 0.3) is 0 Å². The maximum atomic E-state index is 12.5. The molecule has 0 aliphatic heterocycles. The Labute approximate surface area is 165 Å². The number of aromatic nitrogens is 1. The zero-order valence-corrected chi connectivity index (χ0v) is 16.0. The first kappa shape index (κ1) is 17.6. The topological polar surface area (TPSA) is 68.0 Å². The molecule has 4 nitrogen and oxygen atoms in total. The van der Waals surface area contributed by atoms with Crippen molar-refractivity contribution in [3.63, 3.8) is 0 Å². The van der Waals surface area contributed by atoms with Crippen LogP contribution >= 0.6 is 23.1 Å². The van der Waals surface area contributed by atoms with E-state index in [9.17, 15) is 4.79 Å². The molecule has 0 saturated carbocycles. The van der Waals surface area contributed by atoms with Gasteiger partial charge in [-0.3, -0.25) is 4.79 Å². The van der Waals surface area contributed by atoms with Gasteiger partial charge < -0.3 is 11.1 Å². The highest BCUT2D eigenvalue weighted by Gasteiger charge is 2.11. The number of benzene rings is 3. The molecule has 0 unspecified atom stereocenters. The van der Waals surface area contributed by atoms with Crippen LogP contribution in [0.25, 0.3) is 21.3 Å². The molecule has 3 N–H and O–H groups in total. The molecule has 0 radical (unpaired) electrons. The van der Waals surface area contributed by atoms with Crippen molar-refractivity contribution in [2.24, 2.45) is 0 Å². The number of thioether (sulfide) groups is 1. The first-order valence-corrected chi connectivity index (χ1v) is 10.2. The second-order valence-corrected chi connectivity index (χ2v) is 8.21. The van der Waals surface area contributed by atoms with Gasteiger partial charge in [-0.1, -0.05) is 60.3 Å². The van der Waals surface area contributed by atoms with Crippen molar-refractivity contribution in [2.45, 2.75) is 4.34 Å². The van der Waals surface area contributed by atoms with E-state index < -0.39 is 0 Å². The van der Waals surface area contributed by atoms with Gasteiger partial charge in [0.15, 0.2) is 4.34 Å². The van der Waals surface area contributed by atoms with E-state index in [4.69, 9.17) is 5.73 Å². The molecule has 6 heteroatoms. The molecule has 0 aliphatic carbocycles. The maximum Gasteiger partial charge on any atom is 0.234 e. The summed E-state index contributed by atoms with van der Waals surface area (Å²) in [5, 5.41) is 3.02. The van der Waals surface area contributed by atoms with E-state index in [1.807, 2.05) is 72.8 Å². The average molecular weight is 392 g/mol. The Balaban J connectivity index is 1.45. The number of hydrogen-bond acceptors (Lipinski definition) is 5. The normalized spacial score (nSPS) is 10.8. The lowest BCUT2D eigenvalue weighted by atomic mass is 10.0. The Hall–Kier alpha value is -2.83. The van der Waals surface area contributed by atoms with Crippen LogP contribution in [0.5, 0.6) is 0 Å². The minimum Gasteiger partial charge on any atom is -0.399 e. The van der Waals surface area contributed by atoms with Crippen LogP contribution < -0.4 is 11.1 Å². The summed E-state index contributed by atoms with van der Waals surface area (Å²) in [7, 11) is 0. The Kier molecular flexibility index (Phi) is 5.09. The van der Waals surface area contributed by atoms with Gasteiger partial charge in [-0.25, -0.2) is 4.98 Å². The third-order valence-electron chi connectivity index (χ3n) is 4.01. The molecule has 0 aliphatic rings. The number of hydrogen-bond donors (Lipinski definition) is 2. The van der Waals surface area contributed by atoms with E-state index >= 15 is 0 Å². The number of anilines is 2. The number of carbonyl (C=O) groups excluding carboxylic acids is 1. The van der Waals surface area contributed by atoms with E-state index in [1.165, 1.54) is 11.8 Å². The standard InChI is InChI=1S/C21H17N3OS2/c22-15-10-11-18-19(12-15)27-21(24-18)26-13-20(25)23-17-9-5-4-8-16(17)14-6-2-1-3-7-14/h1-12H,13,22H2,(H,23,25). The number of para-hydroxylation sites is 1. The molecule has 3 aromatic carbocycles. The molecule has 1 amide bonds. The van der Waals surface area contributed by atoms with Crippen LogP contribution in [0.1, 0.15) is 0 Å². The highest BCUT2D eigenvalue weighted by molar-refractivity contribution is 8.01. The number of thiazole rings is 1. The van der Waals surface area contributed by atoms with Crippen molar-refractivity contribution in [3.05, 3.63) is 72.8 Å². The largest absolute Gasteiger partial charge is 0.399 e. The Morgan fingerprint density at radius 1 is 1.04 bits per heavy atom. The third kappa shape index (κ3) is 4.13. The van der Waals surface area contributed by atoms with Crippen LogP contribution in [0.4, 0.5) is 11.4 Å². The lowest BCUT2D eigenvalue weighted by Gasteiger charge is -2.11. The molecule has 4 aromatic rings. The van der Waals surface area contributed by atoms with Gasteiger partial charge in [-0.15, -0.1) is 11.3 Å². The molecule has 0 spiro atoms. The van der Waals surface area contributed by atoms with E-state index in [2.05, 4.69) is 10.3 Å². The first-order chi connectivity index (χ1) is 13.2. The van der Waals surface area contributed by atoms with Crippen molar-refractivity contribution in [1.29, 1.82) is 0 Å². The van der Waals surface area contributed by atoms with Crippen LogP contribution in [0, 0.1) is 0 Å². The van der Waals surface area contributed by atoms with Crippen LogP contribution in [0.15, 0.2) is 77.1 Å². The molecule has 0 saturated heterocycles. The predicted molar refractivity (Wildman–Crippen MR) is 115 cm³/mol. The van der Waals surface area contributed by atoms with Gasteiger partial charge >= 0.3 is 0 Å². The Morgan fingerprint density at radius 3 is 2.67 bits per heavy atom. The second kappa shape index (κ2) is 7.82. The van der Waals surface area contributed by atoms with E-state index in [0.29, 0.717) is 5.75 Å². The average Bonchev–Trinajstić information content (AvgIpc) is 3.09. The number of carbonyl (C=O) groups is 1. The monoisotopic (exact) mass is 391 g/mol. The van der Waals surface area contributed by atoms with Crippen molar-refractivity contribution in [2.75, 3.05) is 16.8 Å². The molecule has 0 atom stereocenters. The van der Waals surface area contributed by atoms with Gasteiger partial charge in [-0.2, -0.15) is 0 Å². The van der Waals surface area contributed by atoms with Crippen molar-refractivity contribution in [3.8, 4) is 11.1 Å². The molecule has 0 fully saturated rings. The van der Waals surface area contributed by atoms with Crippen LogP contribution in [0.2, 0.25) is 0 Å². The van der Waals surface area contributed by atoms with E-state index in [-0.39, 0.29) is 5.91 Å². The third-order valence-corrected chi connectivity index (χ3v) is 6.17. The Bertz CT molecular complexity index is 1090. The zero-order valence-electron chi connectivity index (χ0n) is 14.4. The Morgan fingerprint density at radius 2 is 1.81 bits per heavy atom. The molecule has 134 valence electrons. The summed E-state index contributed by atoms with van der Waals surface area (Å²) in [6.07, 6.45) is 0. The second-order valence-electron chi connectivity index (χ2n) is 5.96. The number of nitrogen functional groups attached to an aromatic ring is 1. The number of nitrogens with two attached hydrogens (primary N) is 1. The molecule has 1 heterocycles. The first-order valence-electron chi connectivity index (χ1n) is 8.42. The molecule has 0 bridgehead atoms. The van der Waals surface area contributed by atoms with Crippen molar-refractivity contribution < 1.29 is 4.79 Å². The fourth-order valence-electron chi connectivity index (χ4n) is 2.76. The number of rotatable bonds is 5. The molecular formula is C21H17N3OS2. The quantitative estimate of drug-likeness (QED) is 0.359. The molecular weight excluding hydrogens is 374 g/mol. The minimum absolute atomic E-state index is 0.0536. The van der Waals surface area contributed by atoms with Crippen LogP contribution in [-0.4, -0.2) is 16.6 Å². The number of fused-ring (bicyclic) bond motifs is 1. The summed E-state index contributed by atoms with van der Waals surface area (Å²) in [6.45, 7) is 0.